The van der Waals surface area contributed by atoms with Crippen LogP contribution in [0.2, 0.25) is 0 Å². The maximum absolute atomic E-state index is 12.7. The van der Waals surface area contributed by atoms with Crippen molar-refractivity contribution in [1.82, 2.24) is 19.5 Å². The van der Waals surface area contributed by atoms with Gasteiger partial charge in [0, 0.05) is 25.8 Å². The van der Waals surface area contributed by atoms with Gasteiger partial charge in [-0.05, 0) is 12.3 Å². The number of ether oxygens (including phenoxy) is 2. The normalized spacial score (nSPS) is 13.4. The highest BCUT2D eigenvalue weighted by molar-refractivity contribution is 5.76. The lowest BCUT2D eigenvalue weighted by Crippen LogP contribution is -2.40. The Morgan fingerprint density at radius 1 is 0.872 bits per heavy atom. The molecule has 11 nitrogen and oxygen atoms in total. The third kappa shape index (κ3) is 16.6. The summed E-state index contributed by atoms with van der Waals surface area (Å²) in [7, 11) is 0. The van der Waals surface area contributed by atoms with Gasteiger partial charge in [-0.3, -0.25) is 19.4 Å². The predicted molar refractivity (Wildman–Crippen MR) is 189 cm³/mol. The number of H-pyrrole nitrogens is 1. The molecule has 0 aromatic carbocycles. The number of hydrogen-bond acceptors (Lipinski definition) is 9. The van der Waals surface area contributed by atoms with E-state index in [-0.39, 0.29) is 30.0 Å². The number of anilines is 1. The van der Waals surface area contributed by atoms with E-state index in [0.717, 1.165) is 25.7 Å². The molecular formula is C36H64N6O5. The monoisotopic (exact) mass is 660 g/mol. The molecule has 0 saturated carbocycles. The summed E-state index contributed by atoms with van der Waals surface area (Å²) in [6.07, 6.45) is 24.9. The summed E-state index contributed by atoms with van der Waals surface area (Å²) >= 11 is 0. The molecule has 0 radical (unpaired) electrons. The summed E-state index contributed by atoms with van der Waals surface area (Å²) in [5.74, 6) is -0.736. The smallest absolute Gasteiger partial charge is 0.323 e. The van der Waals surface area contributed by atoms with Gasteiger partial charge in [-0.2, -0.15) is 4.98 Å². The third-order valence-corrected chi connectivity index (χ3v) is 9.18. The number of aryl methyl sites for hydroxylation is 1. The quantitative estimate of drug-likeness (QED) is 0.0624. The number of imidazole rings is 1. The van der Waals surface area contributed by atoms with Gasteiger partial charge in [0.25, 0.3) is 5.56 Å². The van der Waals surface area contributed by atoms with E-state index in [9.17, 15) is 14.4 Å². The zero-order valence-corrected chi connectivity index (χ0v) is 29.6. The fourth-order valence-electron chi connectivity index (χ4n) is 5.78. The van der Waals surface area contributed by atoms with Crippen LogP contribution >= 0.6 is 0 Å². The van der Waals surface area contributed by atoms with E-state index < -0.39 is 23.7 Å². The van der Waals surface area contributed by atoms with Crippen molar-refractivity contribution in [2.45, 2.75) is 174 Å². The van der Waals surface area contributed by atoms with Crippen LogP contribution in [0.15, 0.2) is 11.1 Å². The molecule has 11 heteroatoms. The highest BCUT2D eigenvalue weighted by atomic mass is 16.6. The van der Waals surface area contributed by atoms with E-state index in [1.165, 1.54) is 96.2 Å². The van der Waals surface area contributed by atoms with Crippen molar-refractivity contribution in [2.24, 2.45) is 11.7 Å². The van der Waals surface area contributed by atoms with Gasteiger partial charge in [0.05, 0.1) is 12.9 Å². The molecule has 5 N–H and O–H groups in total. The number of nitrogens with zero attached hydrogens (tertiary/aromatic N) is 3. The summed E-state index contributed by atoms with van der Waals surface area (Å²) in [6.45, 7) is 6.67. The topological polar surface area (TPSA) is 168 Å². The van der Waals surface area contributed by atoms with Crippen LogP contribution in [-0.2, 0) is 25.6 Å². The molecule has 3 atom stereocenters. The fraction of sp³-hybridized carbons (Fsp3) is 0.806. The third-order valence-electron chi connectivity index (χ3n) is 9.18. The Bertz CT molecular complexity index is 1200. The van der Waals surface area contributed by atoms with Crippen molar-refractivity contribution >= 4 is 29.1 Å². The Labute approximate surface area is 282 Å². The molecular weight excluding hydrogens is 596 g/mol. The van der Waals surface area contributed by atoms with E-state index in [0.29, 0.717) is 31.5 Å². The number of fused-ring (bicyclic) bond motifs is 1. The molecule has 47 heavy (non-hydrogen) atoms. The number of unbranched alkanes of at least 4 members (excludes halogenated alkanes) is 16. The van der Waals surface area contributed by atoms with Gasteiger partial charge in [0.2, 0.25) is 5.95 Å². The summed E-state index contributed by atoms with van der Waals surface area (Å²) in [6, 6.07) is -0.737. The Kier molecular flexibility index (Phi) is 20.7. The first-order chi connectivity index (χ1) is 22.8. The SMILES string of the molecule is CCCCCCCCCCCCCCCCCCCC(=O)OCCC(CCn1cnc2c(=O)[nH]c(N)nc21)OC(=O)[C@@H](N)[C@@H](C)CC. The minimum Gasteiger partial charge on any atom is -0.466 e. The van der Waals surface area contributed by atoms with Crippen molar-refractivity contribution in [3.63, 3.8) is 0 Å². The Morgan fingerprint density at radius 2 is 1.43 bits per heavy atom. The molecule has 1 unspecified atom stereocenters. The second kappa shape index (κ2) is 24.2. The van der Waals surface area contributed by atoms with E-state index in [1.54, 1.807) is 4.57 Å². The largest absolute Gasteiger partial charge is 0.466 e. The zero-order valence-electron chi connectivity index (χ0n) is 29.6. The molecule has 0 aliphatic heterocycles. The Morgan fingerprint density at radius 3 is 1.98 bits per heavy atom. The van der Waals surface area contributed by atoms with Crippen molar-refractivity contribution in [2.75, 3.05) is 12.3 Å². The number of nitrogen functional groups attached to an aromatic ring is 1. The summed E-state index contributed by atoms with van der Waals surface area (Å²) in [5.41, 5.74) is 11.9. The molecule has 2 rings (SSSR count). The van der Waals surface area contributed by atoms with E-state index in [1.807, 2.05) is 13.8 Å². The van der Waals surface area contributed by atoms with Crippen LogP contribution in [0.4, 0.5) is 5.95 Å². The molecule has 0 fully saturated rings. The lowest BCUT2D eigenvalue weighted by Gasteiger charge is -2.23. The molecule has 2 heterocycles. The average Bonchev–Trinajstić information content (AvgIpc) is 3.47. The zero-order chi connectivity index (χ0) is 34.3. The van der Waals surface area contributed by atoms with Crippen molar-refractivity contribution in [3.8, 4) is 0 Å². The number of aromatic amines is 1. The summed E-state index contributed by atoms with van der Waals surface area (Å²) in [5, 5.41) is 0. The number of nitrogens with one attached hydrogen (secondary N) is 1. The van der Waals surface area contributed by atoms with Gasteiger partial charge in [-0.15, -0.1) is 0 Å². The number of carbonyl (C=O) groups is 2. The van der Waals surface area contributed by atoms with Gasteiger partial charge in [0.1, 0.15) is 12.1 Å². The van der Waals surface area contributed by atoms with Crippen molar-refractivity contribution in [1.29, 1.82) is 0 Å². The minimum absolute atomic E-state index is 0.00162. The standard InChI is InChI=1S/C36H64N6O5/c1-4-6-7-8-9-10-11-12-13-14-15-16-17-18-19-20-21-22-30(43)46-26-24-29(47-35(45)31(37)28(3)5-2)23-25-42-27-39-32-33(42)40-36(38)41-34(32)44/h27-29,31H,4-26,37H2,1-3H3,(H3,38,40,41,44)/t28-,29?,31-/m0/s1. The van der Waals surface area contributed by atoms with Crippen LogP contribution in [-0.4, -0.2) is 50.2 Å². The molecule has 0 aliphatic carbocycles. The van der Waals surface area contributed by atoms with Crippen LogP contribution in [0.3, 0.4) is 0 Å². The van der Waals surface area contributed by atoms with E-state index >= 15 is 0 Å². The van der Waals surface area contributed by atoms with E-state index in [2.05, 4.69) is 21.9 Å². The molecule has 0 saturated heterocycles. The van der Waals surface area contributed by atoms with E-state index in [4.69, 9.17) is 20.9 Å². The summed E-state index contributed by atoms with van der Waals surface area (Å²) < 4.78 is 13.0. The first-order valence-electron chi connectivity index (χ1n) is 18.6. The Balaban J connectivity index is 1.61. The maximum Gasteiger partial charge on any atom is 0.323 e. The van der Waals surface area contributed by atoms with Gasteiger partial charge in [0.15, 0.2) is 11.2 Å². The molecule has 0 aliphatic rings. The van der Waals surface area contributed by atoms with Gasteiger partial charge >= 0.3 is 11.9 Å². The van der Waals surface area contributed by atoms with Gasteiger partial charge < -0.3 is 25.5 Å². The minimum atomic E-state index is -0.737. The predicted octanol–water partition coefficient (Wildman–Crippen LogP) is 7.35. The highest BCUT2D eigenvalue weighted by Crippen LogP contribution is 2.16. The average molecular weight is 661 g/mol. The van der Waals surface area contributed by atoms with Crippen LogP contribution in [0.1, 0.15) is 156 Å². The number of aromatic nitrogens is 4. The lowest BCUT2D eigenvalue weighted by atomic mass is 10.0. The van der Waals surface area contributed by atoms with Crippen molar-refractivity contribution < 1.29 is 19.1 Å². The molecule has 2 aromatic heterocycles. The van der Waals surface area contributed by atoms with Crippen LogP contribution < -0.4 is 17.0 Å². The number of carbonyl (C=O) groups excluding carboxylic acids is 2. The molecule has 0 amide bonds. The number of nitrogens with two attached hydrogens (primary N) is 2. The molecule has 268 valence electrons. The number of esters is 2. The second-order valence-corrected chi connectivity index (χ2v) is 13.2. The summed E-state index contributed by atoms with van der Waals surface area (Å²) in [4.78, 5) is 48.0. The Hall–Kier alpha value is -2.95. The first-order valence-corrected chi connectivity index (χ1v) is 18.6. The fourth-order valence-corrected chi connectivity index (χ4v) is 5.78. The lowest BCUT2D eigenvalue weighted by molar-refractivity contribution is -0.154. The highest BCUT2D eigenvalue weighted by Gasteiger charge is 2.25. The van der Waals surface area contributed by atoms with Crippen LogP contribution in [0, 0.1) is 5.92 Å². The van der Waals surface area contributed by atoms with Gasteiger partial charge in [-0.25, -0.2) is 4.98 Å². The van der Waals surface area contributed by atoms with Gasteiger partial charge in [-0.1, -0.05) is 130 Å². The molecule has 2 aromatic rings. The number of rotatable bonds is 28. The van der Waals surface area contributed by atoms with Crippen LogP contribution in [0.25, 0.3) is 11.2 Å². The first kappa shape index (κ1) is 40.2. The molecule has 0 bridgehead atoms. The number of hydrogen-bond donors (Lipinski definition) is 3. The van der Waals surface area contributed by atoms with Crippen molar-refractivity contribution in [3.05, 3.63) is 16.7 Å². The van der Waals surface area contributed by atoms with Crippen LogP contribution in [0.5, 0.6) is 0 Å². The maximum atomic E-state index is 12.7. The molecule has 0 spiro atoms. The second-order valence-electron chi connectivity index (χ2n) is 13.2.